The highest BCUT2D eigenvalue weighted by atomic mass is 19.4. The zero-order valence-electron chi connectivity index (χ0n) is 16.6. The first-order chi connectivity index (χ1) is 14.2. The van der Waals surface area contributed by atoms with E-state index in [0.29, 0.717) is 24.8 Å². The van der Waals surface area contributed by atoms with Crippen LogP contribution in [0.4, 0.5) is 13.2 Å². The molecule has 0 heterocycles. The topological polar surface area (TPSA) is 57.5 Å². The van der Waals surface area contributed by atoms with Gasteiger partial charge in [-0.3, -0.25) is 4.79 Å². The number of halogens is 3. The molecule has 2 aromatic rings. The van der Waals surface area contributed by atoms with Crippen LogP contribution < -0.4 is 0 Å². The van der Waals surface area contributed by atoms with Gasteiger partial charge in [-0.2, -0.15) is 13.2 Å². The number of Topliss-reactive ketones (excluding diaryl/α,β-unsaturated/α-hetero) is 1. The van der Waals surface area contributed by atoms with E-state index in [2.05, 4.69) is 0 Å². The number of fused-ring (bicyclic) bond motifs is 3. The number of alkyl halides is 3. The third kappa shape index (κ3) is 3.46. The van der Waals surface area contributed by atoms with Gasteiger partial charge < -0.3 is 10.2 Å². The summed E-state index contributed by atoms with van der Waals surface area (Å²) in [5.41, 5.74) is 0.228. The van der Waals surface area contributed by atoms with E-state index >= 15 is 0 Å². The standard InChI is InChI=1S/C24H25F3O3/c25-24(26,27)23(30)11-10-22(13-16-4-2-1-3-5-16)19(14-23)8-6-17-12-18(21(29)15-28)7-9-20(17)22/h1-5,7,9,12,19,28,30H,6,8,10-11,13-15H2/t19-,22+,23-/m1/s1. The van der Waals surface area contributed by atoms with Crippen LogP contribution in [0.25, 0.3) is 0 Å². The minimum atomic E-state index is -4.65. The number of ketones is 1. The van der Waals surface area contributed by atoms with Crippen LogP contribution in [-0.2, 0) is 18.3 Å². The van der Waals surface area contributed by atoms with Crippen molar-refractivity contribution in [2.24, 2.45) is 5.92 Å². The van der Waals surface area contributed by atoms with Crippen molar-refractivity contribution in [3.8, 4) is 0 Å². The Morgan fingerprint density at radius 1 is 1.10 bits per heavy atom. The van der Waals surface area contributed by atoms with Gasteiger partial charge in [0, 0.05) is 11.0 Å². The summed E-state index contributed by atoms with van der Waals surface area (Å²) in [5.74, 6) is -0.683. The number of carbonyl (C=O) groups is 1. The molecule has 2 aliphatic carbocycles. The van der Waals surface area contributed by atoms with E-state index in [0.717, 1.165) is 16.7 Å². The molecule has 3 atom stereocenters. The molecule has 1 saturated carbocycles. The van der Waals surface area contributed by atoms with Crippen molar-refractivity contribution in [1.82, 2.24) is 0 Å². The number of aryl methyl sites for hydroxylation is 1. The van der Waals surface area contributed by atoms with Crippen LogP contribution in [0.2, 0.25) is 0 Å². The van der Waals surface area contributed by atoms with Crippen LogP contribution >= 0.6 is 0 Å². The molecule has 0 bridgehead atoms. The molecule has 0 spiro atoms. The van der Waals surface area contributed by atoms with Gasteiger partial charge in [0.05, 0.1) is 0 Å². The Kier molecular flexibility index (Phi) is 5.27. The molecule has 1 fully saturated rings. The SMILES string of the molecule is O=C(CO)c1ccc2c(c1)CC[C@@H]1C[C@@](O)(C(F)(F)F)CC[C@@]21Cc1ccccc1. The molecule has 0 saturated heterocycles. The Morgan fingerprint density at radius 3 is 2.50 bits per heavy atom. The van der Waals surface area contributed by atoms with Gasteiger partial charge in [0.1, 0.15) is 6.61 Å². The zero-order chi connectivity index (χ0) is 21.6. The number of rotatable bonds is 4. The van der Waals surface area contributed by atoms with Gasteiger partial charge in [-0.1, -0.05) is 42.5 Å². The number of hydrogen-bond donors (Lipinski definition) is 2. The minimum Gasteiger partial charge on any atom is -0.388 e. The molecule has 6 heteroatoms. The smallest absolute Gasteiger partial charge is 0.388 e. The number of carbonyl (C=O) groups excluding carboxylic acids is 1. The number of aliphatic hydroxyl groups is 2. The molecular weight excluding hydrogens is 393 g/mol. The summed E-state index contributed by atoms with van der Waals surface area (Å²) in [6.07, 6.45) is -3.40. The molecule has 2 aromatic carbocycles. The molecule has 2 aliphatic rings. The first kappa shape index (κ1) is 21.1. The van der Waals surface area contributed by atoms with Crippen LogP contribution in [0, 0.1) is 5.92 Å². The van der Waals surface area contributed by atoms with Crippen molar-refractivity contribution >= 4 is 5.78 Å². The van der Waals surface area contributed by atoms with Gasteiger partial charge in [-0.15, -0.1) is 0 Å². The second-order valence-electron chi connectivity index (χ2n) is 8.74. The Morgan fingerprint density at radius 2 is 1.83 bits per heavy atom. The fourth-order valence-electron chi connectivity index (χ4n) is 5.50. The Balaban J connectivity index is 1.79. The highest BCUT2D eigenvalue weighted by Crippen LogP contribution is 2.57. The van der Waals surface area contributed by atoms with Gasteiger partial charge in [0.15, 0.2) is 11.4 Å². The summed E-state index contributed by atoms with van der Waals surface area (Å²) in [6, 6.07) is 15.0. The summed E-state index contributed by atoms with van der Waals surface area (Å²) in [4.78, 5) is 11.9. The summed E-state index contributed by atoms with van der Waals surface area (Å²) >= 11 is 0. The minimum absolute atomic E-state index is 0.225. The Bertz CT molecular complexity index is 940. The summed E-state index contributed by atoms with van der Waals surface area (Å²) in [6.45, 7) is -0.574. The van der Waals surface area contributed by atoms with Crippen LogP contribution in [-0.4, -0.2) is 34.4 Å². The Labute approximate surface area is 173 Å². The van der Waals surface area contributed by atoms with E-state index in [-0.39, 0.29) is 31.0 Å². The highest BCUT2D eigenvalue weighted by molar-refractivity contribution is 5.97. The lowest BCUT2D eigenvalue weighted by molar-refractivity contribution is -0.279. The fourth-order valence-corrected chi connectivity index (χ4v) is 5.50. The van der Waals surface area contributed by atoms with Gasteiger partial charge in [0.2, 0.25) is 0 Å². The third-order valence-corrected chi connectivity index (χ3v) is 7.11. The fraction of sp³-hybridized carbons (Fsp3) is 0.458. The molecule has 4 rings (SSSR count). The van der Waals surface area contributed by atoms with Gasteiger partial charge in [-0.25, -0.2) is 0 Å². The van der Waals surface area contributed by atoms with E-state index in [1.807, 2.05) is 36.4 Å². The Hall–Kier alpha value is -2.18. The lowest BCUT2D eigenvalue weighted by Gasteiger charge is -2.53. The van der Waals surface area contributed by atoms with E-state index in [9.17, 15) is 28.2 Å². The van der Waals surface area contributed by atoms with E-state index in [1.54, 1.807) is 12.1 Å². The van der Waals surface area contributed by atoms with E-state index < -0.39 is 23.8 Å². The number of hydrogen-bond acceptors (Lipinski definition) is 3. The second kappa shape index (κ2) is 7.50. The third-order valence-electron chi connectivity index (χ3n) is 7.11. The zero-order valence-corrected chi connectivity index (χ0v) is 16.6. The van der Waals surface area contributed by atoms with Crippen molar-refractivity contribution < 1.29 is 28.2 Å². The molecule has 0 radical (unpaired) electrons. The average Bonchev–Trinajstić information content (AvgIpc) is 2.73. The van der Waals surface area contributed by atoms with Crippen LogP contribution in [0.15, 0.2) is 48.5 Å². The first-order valence-electron chi connectivity index (χ1n) is 10.3. The average molecular weight is 418 g/mol. The molecule has 0 unspecified atom stereocenters. The largest absolute Gasteiger partial charge is 0.417 e. The maximum Gasteiger partial charge on any atom is 0.417 e. The van der Waals surface area contributed by atoms with E-state index in [1.165, 1.54) is 0 Å². The maximum atomic E-state index is 13.6. The molecular formula is C24H25F3O3. The molecule has 30 heavy (non-hydrogen) atoms. The molecule has 2 N–H and O–H groups in total. The molecule has 3 nitrogen and oxygen atoms in total. The first-order valence-corrected chi connectivity index (χ1v) is 10.3. The molecule has 0 amide bonds. The van der Waals surface area contributed by atoms with Gasteiger partial charge >= 0.3 is 6.18 Å². The lowest BCUT2D eigenvalue weighted by Crippen LogP contribution is -2.56. The predicted molar refractivity (Wildman–Crippen MR) is 106 cm³/mol. The number of benzene rings is 2. The quantitative estimate of drug-likeness (QED) is 0.725. The molecule has 0 aromatic heterocycles. The highest BCUT2D eigenvalue weighted by Gasteiger charge is 2.61. The van der Waals surface area contributed by atoms with Crippen LogP contribution in [0.5, 0.6) is 0 Å². The number of aliphatic hydroxyl groups excluding tert-OH is 1. The monoisotopic (exact) mass is 418 g/mol. The summed E-state index contributed by atoms with van der Waals surface area (Å²) in [7, 11) is 0. The van der Waals surface area contributed by atoms with Crippen molar-refractivity contribution in [2.45, 2.75) is 55.7 Å². The van der Waals surface area contributed by atoms with Crippen LogP contribution in [0.1, 0.15) is 52.7 Å². The van der Waals surface area contributed by atoms with Crippen LogP contribution in [0.3, 0.4) is 0 Å². The van der Waals surface area contributed by atoms with E-state index in [4.69, 9.17) is 0 Å². The van der Waals surface area contributed by atoms with Crippen molar-refractivity contribution in [3.05, 3.63) is 70.8 Å². The summed E-state index contributed by atoms with van der Waals surface area (Å²) < 4.78 is 40.8. The lowest BCUT2D eigenvalue weighted by atomic mass is 9.52. The maximum absolute atomic E-state index is 13.6. The second-order valence-corrected chi connectivity index (χ2v) is 8.74. The van der Waals surface area contributed by atoms with Crippen molar-refractivity contribution in [1.29, 1.82) is 0 Å². The normalized spacial score (nSPS) is 28.5. The summed E-state index contributed by atoms with van der Waals surface area (Å²) in [5, 5.41) is 19.6. The van der Waals surface area contributed by atoms with Gasteiger partial charge in [0.25, 0.3) is 0 Å². The predicted octanol–water partition coefficient (Wildman–Crippen LogP) is 4.38. The molecule has 0 aliphatic heterocycles. The van der Waals surface area contributed by atoms with Gasteiger partial charge in [-0.05, 0) is 67.2 Å². The van der Waals surface area contributed by atoms with Crippen molar-refractivity contribution in [2.75, 3.05) is 6.61 Å². The molecule has 160 valence electrons. The van der Waals surface area contributed by atoms with Crippen molar-refractivity contribution in [3.63, 3.8) is 0 Å².